The van der Waals surface area contributed by atoms with Gasteiger partial charge in [0.1, 0.15) is 11.5 Å². The lowest BCUT2D eigenvalue weighted by Gasteiger charge is -2.08. The van der Waals surface area contributed by atoms with E-state index in [-0.39, 0.29) is 5.88 Å². The smallest absolute Gasteiger partial charge is 0.199 e. The van der Waals surface area contributed by atoms with Crippen molar-refractivity contribution >= 4 is 10.8 Å². The van der Waals surface area contributed by atoms with E-state index in [1.807, 2.05) is 95.8 Å². The lowest BCUT2D eigenvalue weighted by Crippen LogP contribution is -1.97. The Hall–Kier alpha value is -4.05. The Morgan fingerprint density at radius 2 is 1.60 bits per heavy atom. The van der Waals surface area contributed by atoms with Gasteiger partial charge in [0.15, 0.2) is 5.88 Å². The fourth-order valence-corrected chi connectivity index (χ4v) is 3.57. The van der Waals surface area contributed by atoms with E-state index in [1.165, 1.54) is 0 Å². The van der Waals surface area contributed by atoms with Gasteiger partial charge in [0.05, 0.1) is 6.54 Å². The number of ether oxygens (including phenoxy) is 1. The molecule has 5 aromatic rings. The molecule has 0 fully saturated rings. The van der Waals surface area contributed by atoms with Crippen molar-refractivity contribution < 1.29 is 9.84 Å². The maximum atomic E-state index is 10.7. The molecule has 3 aromatic carbocycles. The first-order chi connectivity index (χ1) is 14.8. The van der Waals surface area contributed by atoms with E-state index in [0.717, 1.165) is 39.0 Å². The number of fused-ring (bicyclic) bond motifs is 1. The highest BCUT2D eigenvalue weighted by molar-refractivity contribution is 5.91. The molecule has 0 saturated heterocycles. The quantitative estimate of drug-likeness (QED) is 0.385. The van der Waals surface area contributed by atoms with Gasteiger partial charge < -0.3 is 14.4 Å². The Morgan fingerprint density at radius 1 is 0.800 bits per heavy atom. The minimum Gasteiger partial charge on any atom is -0.494 e. The number of rotatable bonds is 5. The zero-order valence-electron chi connectivity index (χ0n) is 16.3. The van der Waals surface area contributed by atoms with Crippen molar-refractivity contribution in [3.8, 4) is 28.5 Å². The van der Waals surface area contributed by atoms with Gasteiger partial charge in [0, 0.05) is 34.9 Å². The van der Waals surface area contributed by atoms with Crippen molar-refractivity contribution in [3.63, 3.8) is 0 Å². The highest BCUT2D eigenvalue weighted by atomic mass is 16.5. The Labute approximate surface area is 174 Å². The van der Waals surface area contributed by atoms with Gasteiger partial charge in [-0.15, -0.1) is 0 Å². The summed E-state index contributed by atoms with van der Waals surface area (Å²) in [6.07, 6.45) is 5.59. The molecule has 0 atom stereocenters. The molecule has 0 aliphatic rings. The molecule has 0 radical (unpaired) electrons. The summed E-state index contributed by atoms with van der Waals surface area (Å²) in [5, 5.41) is 12.5. The Morgan fingerprint density at radius 3 is 2.37 bits per heavy atom. The molecule has 0 bridgehead atoms. The first kappa shape index (κ1) is 18.0. The molecule has 0 aliphatic heterocycles. The molecule has 4 heteroatoms. The van der Waals surface area contributed by atoms with Crippen LogP contribution in [0.2, 0.25) is 0 Å². The molecular weight excluding hydrogens is 372 g/mol. The first-order valence-electron chi connectivity index (χ1n) is 9.80. The second-order valence-electron chi connectivity index (χ2n) is 7.18. The molecule has 1 N–H and O–H groups in total. The van der Waals surface area contributed by atoms with E-state index in [1.54, 1.807) is 6.20 Å². The van der Waals surface area contributed by atoms with Gasteiger partial charge in [0.2, 0.25) is 0 Å². The van der Waals surface area contributed by atoms with Crippen molar-refractivity contribution in [2.45, 2.75) is 6.54 Å². The highest BCUT2D eigenvalue weighted by Gasteiger charge is 2.10. The molecule has 0 unspecified atom stereocenters. The summed E-state index contributed by atoms with van der Waals surface area (Å²) in [4.78, 5) is 4.19. The zero-order valence-corrected chi connectivity index (χ0v) is 16.3. The fourth-order valence-electron chi connectivity index (χ4n) is 3.57. The second-order valence-corrected chi connectivity index (χ2v) is 7.18. The van der Waals surface area contributed by atoms with Crippen molar-refractivity contribution in [3.05, 3.63) is 109 Å². The van der Waals surface area contributed by atoms with Crippen LogP contribution in [0.4, 0.5) is 0 Å². The molecular formula is C26H20N2O2. The van der Waals surface area contributed by atoms with Crippen molar-refractivity contribution in [2.75, 3.05) is 0 Å². The summed E-state index contributed by atoms with van der Waals surface area (Å²) >= 11 is 0. The Bertz CT molecular complexity index is 1280. The molecule has 5 rings (SSSR count). The van der Waals surface area contributed by atoms with Crippen LogP contribution in [0.1, 0.15) is 5.56 Å². The van der Waals surface area contributed by atoms with E-state index in [2.05, 4.69) is 11.1 Å². The third-order valence-corrected chi connectivity index (χ3v) is 5.11. The number of benzene rings is 3. The number of para-hydroxylation sites is 1. The molecule has 2 heterocycles. The van der Waals surface area contributed by atoms with Crippen molar-refractivity contribution in [1.29, 1.82) is 0 Å². The summed E-state index contributed by atoms with van der Waals surface area (Å²) in [6.45, 7) is 0.578. The van der Waals surface area contributed by atoms with E-state index in [9.17, 15) is 5.11 Å². The van der Waals surface area contributed by atoms with Crippen molar-refractivity contribution in [2.24, 2.45) is 0 Å². The number of nitrogens with zero attached hydrogens (tertiary/aromatic N) is 2. The number of hydrogen-bond acceptors (Lipinski definition) is 3. The number of aromatic hydroxyl groups is 1. The molecule has 0 amide bonds. The van der Waals surface area contributed by atoms with Gasteiger partial charge >= 0.3 is 0 Å². The van der Waals surface area contributed by atoms with E-state index in [0.29, 0.717) is 6.54 Å². The average molecular weight is 392 g/mol. The molecule has 2 aromatic heterocycles. The topological polar surface area (TPSA) is 47.3 Å². The second kappa shape index (κ2) is 7.76. The maximum absolute atomic E-state index is 10.7. The molecule has 0 spiro atoms. The number of pyridine rings is 1. The van der Waals surface area contributed by atoms with Crippen molar-refractivity contribution in [1.82, 2.24) is 9.55 Å². The minimum absolute atomic E-state index is 0.271. The summed E-state index contributed by atoms with van der Waals surface area (Å²) in [7, 11) is 0. The average Bonchev–Trinajstić information content (AvgIpc) is 3.11. The summed E-state index contributed by atoms with van der Waals surface area (Å²) in [5.41, 5.74) is 3.22. The molecule has 4 nitrogen and oxygen atoms in total. The van der Waals surface area contributed by atoms with Gasteiger partial charge in [-0.3, -0.25) is 4.98 Å². The Balaban J connectivity index is 1.38. The standard InChI is InChI=1S/C26H20N2O2/c29-26-25-13-10-20(21-5-4-14-27-16-21)15-22(25)18-28(26)17-19-8-11-24(12-9-19)30-23-6-2-1-3-7-23/h1-16,18,29H,17H2. The van der Waals surface area contributed by atoms with Gasteiger partial charge in [-0.25, -0.2) is 0 Å². The van der Waals surface area contributed by atoms with Gasteiger partial charge in [0.25, 0.3) is 0 Å². The third kappa shape index (κ3) is 3.63. The van der Waals surface area contributed by atoms with E-state index >= 15 is 0 Å². The van der Waals surface area contributed by atoms with E-state index < -0.39 is 0 Å². The fraction of sp³-hybridized carbons (Fsp3) is 0.0385. The number of hydrogen-bond donors (Lipinski definition) is 1. The molecule has 30 heavy (non-hydrogen) atoms. The normalized spacial score (nSPS) is 10.9. The van der Waals surface area contributed by atoms with Crippen LogP contribution >= 0.6 is 0 Å². The van der Waals surface area contributed by atoms with Crippen LogP contribution in [0.25, 0.3) is 21.9 Å². The Kier molecular flexibility index (Phi) is 4.66. The van der Waals surface area contributed by atoms with Crippen LogP contribution in [-0.4, -0.2) is 14.7 Å². The monoisotopic (exact) mass is 392 g/mol. The SMILES string of the molecule is Oc1c2ccc(-c3cccnc3)cc2cn1Cc1ccc(Oc2ccccc2)cc1. The van der Waals surface area contributed by atoms with Crippen LogP contribution in [0.3, 0.4) is 0 Å². The van der Waals surface area contributed by atoms with E-state index in [4.69, 9.17) is 4.74 Å². The largest absolute Gasteiger partial charge is 0.494 e. The highest BCUT2D eigenvalue weighted by Crippen LogP contribution is 2.32. The van der Waals surface area contributed by atoms with Gasteiger partial charge in [-0.1, -0.05) is 42.5 Å². The minimum atomic E-state index is 0.271. The van der Waals surface area contributed by atoms with Crippen LogP contribution in [-0.2, 0) is 6.54 Å². The van der Waals surface area contributed by atoms with Crippen LogP contribution in [0.15, 0.2) is 104 Å². The molecule has 146 valence electrons. The van der Waals surface area contributed by atoms with Gasteiger partial charge in [-0.2, -0.15) is 0 Å². The first-order valence-corrected chi connectivity index (χ1v) is 9.80. The van der Waals surface area contributed by atoms with Crippen LogP contribution < -0.4 is 4.74 Å². The maximum Gasteiger partial charge on any atom is 0.199 e. The summed E-state index contributed by atoms with van der Waals surface area (Å²) in [6, 6.07) is 27.7. The third-order valence-electron chi connectivity index (χ3n) is 5.11. The predicted molar refractivity (Wildman–Crippen MR) is 119 cm³/mol. The zero-order chi connectivity index (χ0) is 20.3. The molecule has 0 saturated carbocycles. The predicted octanol–water partition coefficient (Wildman–Crippen LogP) is 6.25. The van der Waals surface area contributed by atoms with Gasteiger partial charge in [-0.05, 0) is 53.6 Å². The lowest BCUT2D eigenvalue weighted by atomic mass is 10.1. The summed E-state index contributed by atoms with van der Waals surface area (Å²) < 4.78 is 7.72. The van der Waals surface area contributed by atoms with Crippen LogP contribution in [0.5, 0.6) is 17.4 Å². The lowest BCUT2D eigenvalue weighted by molar-refractivity contribution is 0.430. The summed E-state index contributed by atoms with van der Waals surface area (Å²) in [5.74, 6) is 1.87. The molecule has 0 aliphatic carbocycles. The number of aromatic nitrogens is 2. The van der Waals surface area contributed by atoms with Crippen LogP contribution in [0, 0.1) is 0 Å².